The van der Waals surface area contributed by atoms with Gasteiger partial charge in [0.1, 0.15) is 0 Å². The summed E-state index contributed by atoms with van der Waals surface area (Å²) in [6.07, 6.45) is 0.831. The van der Waals surface area contributed by atoms with Gasteiger partial charge in [0.2, 0.25) is 0 Å². The van der Waals surface area contributed by atoms with Gasteiger partial charge in [0.15, 0.2) is 11.5 Å². The van der Waals surface area contributed by atoms with Gasteiger partial charge in [-0.05, 0) is 43.3 Å². The minimum Gasteiger partial charge on any atom is -0.504 e. The maximum Gasteiger partial charge on any atom is 0.258 e. The second kappa shape index (κ2) is 6.30. The maximum absolute atomic E-state index is 13.0. The number of hydrogen-bond donors (Lipinski definition) is 2. The molecule has 0 aromatic heterocycles. The van der Waals surface area contributed by atoms with E-state index >= 15 is 0 Å². The van der Waals surface area contributed by atoms with E-state index in [1.165, 1.54) is 18.7 Å². The Balaban J connectivity index is 1.99. The first-order valence-electron chi connectivity index (χ1n) is 7.58. The summed E-state index contributed by atoms with van der Waals surface area (Å²) < 4.78 is 5.11. The smallest absolute Gasteiger partial charge is 0.258 e. The molecule has 3 rings (SSSR count). The summed E-state index contributed by atoms with van der Waals surface area (Å²) in [6, 6.07) is 12.7. The van der Waals surface area contributed by atoms with Crippen LogP contribution in [0.25, 0.3) is 0 Å². The number of nitrogens with zero attached hydrogens (tertiary/aromatic N) is 1. The molecule has 5 nitrogen and oxygen atoms in total. The van der Waals surface area contributed by atoms with Crippen LogP contribution in [-0.4, -0.2) is 37.8 Å². The number of anilines is 1. The summed E-state index contributed by atoms with van der Waals surface area (Å²) in [5, 5.41) is 12.9. The van der Waals surface area contributed by atoms with E-state index in [0.29, 0.717) is 11.3 Å². The molecule has 23 heavy (non-hydrogen) atoms. The average Bonchev–Trinajstić information content (AvgIpc) is 2.93. The Bertz CT molecular complexity index is 730. The summed E-state index contributed by atoms with van der Waals surface area (Å²) >= 11 is 0. The van der Waals surface area contributed by atoms with Gasteiger partial charge in [-0.1, -0.05) is 18.2 Å². The largest absolute Gasteiger partial charge is 0.504 e. The van der Waals surface area contributed by atoms with Gasteiger partial charge in [-0.3, -0.25) is 4.79 Å². The van der Waals surface area contributed by atoms with Crippen molar-refractivity contribution in [1.82, 2.24) is 5.32 Å². The first-order valence-corrected chi connectivity index (χ1v) is 7.58. The van der Waals surface area contributed by atoms with Crippen molar-refractivity contribution in [2.75, 3.05) is 25.6 Å². The van der Waals surface area contributed by atoms with Crippen LogP contribution in [0.4, 0.5) is 5.69 Å². The Morgan fingerprint density at radius 1 is 1.35 bits per heavy atom. The van der Waals surface area contributed by atoms with E-state index in [0.717, 1.165) is 18.7 Å². The molecule has 1 aliphatic rings. The zero-order chi connectivity index (χ0) is 16.4. The quantitative estimate of drug-likeness (QED) is 0.908. The van der Waals surface area contributed by atoms with Crippen molar-refractivity contribution in [2.24, 2.45) is 0 Å². The molecular weight excluding hydrogens is 292 g/mol. The van der Waals surface area contributed by atoms with Crippen molar-refractivity contribution in [3.8, 4) is 11.5 Å². The molecule has 0 fully saturated rings. The van der Waals surface area contributed by atoms with Gasteiger partial charge < -0.3 is 20.1 Å². The van der Waals surface area contributed by atoms with Crippen LogP contribution < -0.4 is 15.0 Å². The highest BCUT2D eigenvalue weighted by Crippen LogP contribution is 2.34. The number of carbonyl (C=O) groups excluding carboxylic acids is 1. The SMILES string of the molecule is CNCC1Cc2ccccc2N1C(=O)c1ccc(O)c(OC)c1. The summed E-state index contributed by atoms with van der Waals surface area (Å²) in [7, 11) is 3.35. The lowest BCUT2D eigenvalue weighted by atomic mass is 10.1. The number of methoxy groups -OCH3 is 1. The van der Waals surface area contributed by atoms with Gasteiger partial charge in [-0.25, -0.2) is 0 Å². The number of phenols is 1. The van der Waals surface area contributed by atoms with Gasteiger partial charge in [0.25, 0.3) is 5.91 Å². The van der Waals surface area contributed by atoms with E-state index in [1.807, 2.05) is 30.1 Å². The molecule has 1 atom stereocenters. The van der Waals surface area contributed by atoms with Crippen molar-refractivity contribution in [3.05, 3.63) is 53.6 Å². The monoisotopic (exact) mass is 312 g/mol. The molecule has 1 unspecified atom stereocenters. The Kier molecular flexibility index (Phi) is 4.21. The Morgan fingerprint density at radius 2 is 2.13 bits per heavy atom. The fourth-order valence-electron chi connectivity index (χ4n) is 3.08. The normalized spacial score (nSPS) is 16.3. The summed E-state index contributed by atoms with van der Waals surface area (Å²) in [5.41, 5.74) is 2.62. The van der Waals surface area contributed by atoms with Gasteiger partial charge in [-0.2, -0.15) is 0 Å². The van der Waals surface area contributed by atoms with E-state index in [9.17, 15) is 9.90 Å². The van der Waals surface area contributed by atoms with E-state index in [2.05, 4.69) is 11.4 Å². The van der Waals surface area contributed by atoms with Gasteiger partial charge in [0.05, 0.1) is 13.2 Å². The van der Waals surface area contributed by atoms with Crippen LogP contribution >= 0.6 is 0 Å². The Morgan fingerprint density at radius 3 is 2.87 bits per heavy atom. The van der Waals surface area contributed by atoms with Crippen LogP contribution in [-0.2, 0) is 6.42 Å². The number of phenolic OH excluding ortho intramolecular Hbond substituents is 1. The third kappa shape index (κ3) is 2.75. The Hall–Kier alpha value is -2.53. The first-order chi connectivity index (χ1) is 11.2. The van der Waals surface area contributed by atoms with Crippen LogP contribution in [0.2, 0.25) is 0 Å². The molecular formula is C18H20N2O3. The molecule has 0 saturated heterocycles. The van der Waals surface area contributed by atoms with Crippen molar-refractivity contribution in [3.63, 3.8) is 0 Å². The minimum absolute atomic E-state index is 0.0256. The van der Waals surface area contributed by atoms with E-state index < -0.39 is 0 Å². The zero-order valence-corrected chi connectivity index (χ0v) is 13.2. The standard InChI is InChI=1S/C18H20N2O3/c1-19-11-14-9-12-5-3-4-6-15(12)20(14)18(22)13-7-8-16(21)17(10-13)23-2/h3-8,10,14,19,21H,9,11H2,1-2H3. The molecule has 2 N–H and O–H groups in total. The van der Waals surface area contributed by atoms with Gasteiger partial charge >= 0.3 is 0 Å². The molecule has 1 aliphatic heterocycles. The van der Waals surface area contributed by atoms with Crippen LogP contribution in [0.1, 0.15) is 15.9 Å². The second-order valence-corrected chi connectivity index (χ2v) is 5.61. The third-order valence-corrected chi connectivity index (χ3v) is 4.16. The van der Waals surface area contributed by atoms with E-state index in [4.69, 9.17) is 4.74 Å². The molecule has 0 spiro atoms. The minimum atomic E-state index is -0.0894. The number of likely N-dealkylation sites (N-methyl/N-ethyl adjacent to an activating group) is 1. The lowest BCUT2D eigenvalue weighted by Crippen LogP contribution is -2.43. The van der Waals surface area contributed by atoms with E-state index in [-0.39, 0.29) is 17.7 Å². The summed E-state index contributed by atoms with van der Waals surface area (Å²) in [5.74, 6) is 0.236. The predicted molar refractivity (Wildman–Crippen MR) is 89.3 cm³/mol. The molecule has 2 aromatic carbocycles. The molecule has 120 valence electrons. The Labute approximate surface area is 135 Å². The number of amides is 1. The molecule has 0 saturated carbocycles. The van der Waals surface area contributed by atoms with Crippen molar-refractivity contribution >= 4 is 11.6 Å². The van der Waals surface area contributed by atoms with Crippen molar-refractivity contribution in [1.29, 1.82) is 0 Å². The number of hydrogen-bond acceptors (Lipinski definition) is 4. The lowest BCUT2D eigenvalue weighted by Gasteiger charge is -2.25. The van der Waals surface area contributed by atoms with Gasteiger partial charge in [0, 0.05) is 17.8 Å². The number of ether oxygens (including phenoxy) is 1. The van der Waals surface area contributed by atoms with Crippen LogP contribution in [0.15, 0.2) is 42.5 Å². The first kappa shape index (κ1) is 15.4. The summed E-state index contributed by atoms with van der Waals surface area (Å²) in [6.45, 7) is 0.718. The molecule has 5 heteroatoms. The molecule has 0 bridgehead atoms. The average molecular weight is 312 g/mol. The third-order valence-electron chi connectivity index (χ3n) is 4.16. The molecule has 1 heterocycles. The van der Waals surface area contributed by atoms with Crippen molar-refractivity contribution < 1.29 is 14.6 Å². The highest BCUT2D eigenvalue weighted by molar-refractivity contribution is 6.08. The van der Waals surface area contributed by atoms with Crippen molar-refractivity contribution in [2.45, 2.75) is 12.5 Å². The maximum atomic E-state index is 13.0. The van der Waals surface area contributed by atoms with Gasteiger partial charge in [-0.15, -0.1) is 0 Å². The highest BCUT2D eigenvalue weighted by Gasteiger charge is 2.33. The second-order valence-electron chi connectivity index (χ2n) is 5.61. The number of aromatic hydroxyl groups is 1. The topological polar surface area (TPSA) is 61.8 Å². The molecule has 1 amide bonds. The predicted octanol–water partition coefficient (Wildman–Crippen LogP) is 2.19. The molecule has 0 aliphatic carbocycles. The molecule has 2 aromatic rings. The van der Waals surface area contributed by atoms with Crippen LogP contribution in [0.5, 0.6) is 11.5 Å². The fraction of sp³-hybridized carbons (Fsp3) is 0.278. The number of carbonyl (C=O) groups is 1. The fourth-order valence-corrected chi connectivity index (χ4v) is 3.08. The number of nitrogens with one attached hydrogen (secondary N) is 1. The lowest BCUT2D eigenvalue weighted by molar-refractivity contribution is 0.0979. The number of benzene rings is 2. The zero-order valence-electron chi connectivity index (χ0n) is 13.2. The molecule has 0 radical (unpaired) electrons. The number of para-hydroxylation sites is 1. The van der Waals surface area contributed by atoms with E-state index in [1.54, 1.807) is 12.1 Å². The summed E-state index contributed by atoms with van der Waals surface area (Å²) in [4.78, 5) is 14.9. The highest BCUT2D eigenvalue weighted by atomic mass is 16.5. The number of rotatable bonds is 4. The van der Waals surface area contributed by atoms with Crippen LogP contribution in [0.3, 0.4) is 0 Å². The number of fused-ring (bicyclic) bond motifs is 1. The van der Waals surface area contributed by atoms with Crippen LogP contribution in [0, 0.1) is 0 Å².